The van der Waals surface area contributed by atoms with Gasteiger partial charge in [-0.2, -0.15) is 0 Å². The quantitative estimate of drug-likeness (QED) is 0.235. The van der Waals surface area contributed by atoms with Crippen LogP contribution in [-0.2, 0) is 19.1 Å². The van der Waals surface area contributed by atoms with Gasteiger partial charge >= 0.3 is 5.97 Å². The highest BCUT2D eigenvalue weighted by Gasteiger charge is 2.74. The second kappa shape index (κ2) is 11.6. The molecule has 0 aromatic heterocycles. The Balaban J connectivity index is 1.91. The van der Waals surface area contributed by atoms with Crippen LogP contribution in [0.3, 0.4) is 0 Å². The molecule has 0 saturated carbocycles. The summed E-state index contributed by atoms with van der Waals surface area (Å²) in [6.07, 6.45) is 8.91. The van der Waals surface area contributed by atoms with Gasteiger partial charge in [-0.3, -0.25) is 14.4 Å². The number of aliphatic hydroxyl groups excluding tert-OH is 1. The minimum Gasteiger partial charge on any atom is -0.465 e. The summed E-state index contributed by atoms with van der Waals surface area (Å²) in [7, 11) is 0. The van der Waals surface area contributed by atoms with Crippen molar-refractivity contribution >= 4 is 29.5 Å². The molecule has 8 heteroatoms. The summed E-state index contributed by atoms with van der Waals surface area (Å²) in [5.41, 5.74) is 0. The van der Waals surface area contributed by atoms with Crippen molar-refractivity contribution in [3.8, 4) is 0 Å². The smallest absolute Gasteiger partial charge is 0.310 e. The van der Waals surface area contributed by atoms with Crippen LogP contribution in [0.25, 0.3) is 0 Å². The first kappa shape index (κ1) is 25.8. The Morgan fingerprint density at radius 1 is 1.30 bits per heavy atom. The molecule has 1 N–H and O–H groups in total. The van der Waals surface area contributed by atoms with E-state index < -0.39 is 22.6 Å². The number of hydrogen-bond acceptors (Lipinski definition) is 6. The van der Waals surface area contributed by atoms with Crippen molar-refractivity contribution in [2.24, 2.45) is 11.8 Å². The molecule has 2 amide bonds. The molecule has 1 spiro atoms. The monoisotopic (exact) mass is 478 g/mol. The molecule has 5 atom stereocenters. The van der Waals surface area contributed by atoms with Crippen LogP contribution < -0.4 is 0 Å². The van der Waals surface area contributed by atoms with Gasteiger partial charge in [-0.05, 0) is 32.1 Å². The molecule has 184 valence electrons. The molecule has 33 heavy (non-hydrogen) atoms. The van der Waals surface area contributed by atoms with Gasteiger partial charge in [0.2, 0.25) is 11.8 Å². The zero-order chi connectivity index (χ0) is 24.0. The minimum absolute atomic E-state index is 0.00146. The average Bonchev–Trinajstić information content (AvgIpc) is 3.44. The number of fused-ring (bicyclic) bond motifs is 1. The first-order valence-electron chi connectivity index (χ1n) is 12.2. The zero-order valence-electron chi connectivity index (χ0n) is 19.7. The first-order chi connectivity index (χ1) is 16.0. The molecule has 3 rings (SSSR count). The van der Waals surface area contributed by atoms with Crippen LogP contribution in [0.2, 0.25) is 0 Å². The van der Waals surface area contributed by atoms with Gasteiger partial charge in [0.1, 0.15) is 6.04 Å². The number of esters is 1. The van der Waals surface area contributed by atoms with Crippen molar-refractivity contribution < 1.29 is 24.2 Å². The SMILES string of the molecule is C=CCCOC(=O)[C@@H]1[C@@H]2CCC3(S2)C(C(=O)N(CC=C)CCCCC)N(CCCO)C(=O)[C@H]13. The van der Waals surface area contributed by atoms with Crippen molar-refractivity contribution in [1.82, 2.24) is 9.80 Å². The van der Waals surface area contributed by atoms with Crippen LogP contribution in [-0.4, -0.2) is 81.6 Å². The van der Waals surface area contributed by atoms with E-state index in [1.165, 1.54) is 0 Å². The highest BCUT2D eigenvalue weighted by molar-refractivity contribution is 8.02. The average molecular weight is 479 g/mol. The van der Waals surface area contributed by atoms with Gasteiger partial charge in [0.25, 0.3) is 0 Å². The lowest BCUT2D eigenvalue weighted by Crippen LogP contribution is -2.55. The van der Waals surface area contributed by atoms with Crippen molar-refractivity contribution in [1.29, 1.82) is 0 Å². The standard InChI is InChI=1S/C25H38N2O5S/c1-4-7-9-14-26(13-6-3)23(30)21-25-12-11-18(33-25)19(24(31)32-17-8-5-2)20(25)22(29)27(21)15-10-16-28/h5-6,18-21,28H,2-4,7-17H2,1H3/t18-,19+,20-,21?,25?/m0/s1. The summed E-state index contributed by atoms with van der Waals surface area (Å²) in [6, 6.07) is -0.621. The van der Waals surface area contributed by atoms with E-state index >= 15 is 0 Å². The normalized spacial score (nSPS) is 29.8. The third kappa shape index (κ3) is 4.87. The summed E-state index contributed by atoms with van der Waals surface area (Å²) >= 11 is 1.65. The molecule has 7 nitrogen and oxygen atoms in total. The van der Waals surface area contributed by atoms with Crippen LogP contribution in [0.15, 0.2) is 25.3 Å². The highest BCUT2D eigenvalue weighted by atomic mass is 32.2. The Bertz CT molecular complexity index is 759. The third-order valence-electron chi connectivity index (χ3n) is 7.12. The fourth-order valence-corrected chi connectivity index (χ4v) is 7.89. The van der Waals surface area contributed by atoms with Crippen LogP contribution in [0.4, 0.5) is 0 Å². The van der Waals surface area contributed by atoms with Gasteiger partial charge in [-0.1, -0.05) is 31.9 Å². The van der Waals surface area contributed by atoms with Crippen LogP contribution >= 0.6 is 11.8 Å². The molecule has 0 aliphatic carbocycles. The van der Waals surface area contributed by atoms with E-state index in [9.17, 15) is 19.5 Å². The molecule has 3 heterocycles. The van der Waals surface area contributed by atoms with E-state index in [1.807, 2.05) is 4.90 Å². The largest absolute Gasteiger partial charge is 0.465 e. The maximum absolute atomic E-state index is 13.9. The number of hydrogen-bond donors (Lipinski definition) is 1. The molecule has 3 aliphatic rings. The van der Waals surface area contributed by atoms with Crippen molar-refractivity contribution in [2.45, 2.75) is 67.9 Å². The summed E-state index contributed by atoms with van der Waals surface area (Å²) in [5, 5.41) is 9.43. The molecule has 2 unspecified atom stereocenters. The van der Waals surface area contributed by atoms with Gasteiger partial charge in [0.15, 0.2) is 0 Å². The summed E-state index contributed by atoms with van der Waals surface area (Å²) < 4.78 is 4.88. The number of carbonyl (C=O) groups excluding carboxylic acids is 3. The fourth-order valence-electron chi connectivity index (χ4n) is 5.69. The van der Waals surface area contributed by atoms with E-state index in [0.29, 0.717) is 32.5 Å². The molecule has 3 saturated heterocycles. The predicted molar refractivity (Wildman–Crippen MR) is 130 cm³/mol. The topological polar surface area (TPSA) is 87.2 Å². The lowest BCUT2D eigenvalue weighted by Gasteiger charge is -2.37. The Kier molecular flexibility index (Phi) is 9.04. The number of amides is 2. The van der Waals surface area contributed by atoms with Gasteiger partial charge in [-0.15, -0.1) is 24.9 Å². The zero-order valence-corrected chi connectivity index (χ0v) is 20.6. The number of carbonyl (C=O) groups is 3. The molecule has 0 radical (unpaired) electrons. The van der Waals surface area contributed by atoms with Gasteiger partial charge < -0.3 is 19.6 Å². The molecule has 3 fully saturated rings. The summed E-state index contributed by atoms with van der Waals surface area (Å²) in [4.78, 5) is 44.1. The maximum Gasteiger partial charge on any atom is 0.310 e. The first-order valence-corrected chi connectivity index (χ1v) is 13.1. The Morgan fingerprint density at radius 3 is 2.76 bits per heavy atom. The number of unbranched alkanes of at least 4 members (excludes halogenated alkanes) is 2. The second-order valence-corrected chi connectivity index (χ2v) is 10.8. The van der Waals surface area contributed by atoms with Crippen LogP contribution in [0, 0.1) is 11.8 Å². The van der Waals surface area contributed by atoms with Gasteiger partial charge in [-0.25, -0.2) is 0 Å². The fraction of sp³-hybridized carbons (Fsp3) is 0.720. The van der Waals surface area contributed by atoms with E-state index in [2.05, 4.69) is 20.1 Å². The Morgan fingerprint density at radius 2 is 2.09 bits per heavy atom. The molecule has 3 aliphatic heterocycles. The molecular weight excluding hydrogens is 440 g/mol. The summed E-state index contributed by atoms with van der Waals surface area (Å²) in [5.74, 6) is -1.62. The van der Waals surface area contributed by atoms with E-state index in [-0.39, 0.29) is 36.2 Å². The summed E-state index contributed by atoms with van der Waals surface area (Å²) in [6.45, 7) is 11.2. The molecule has 2 bridgehead atoms. The second-order valence-electron chi connectivity index (χ2n) is 9.19. The van der Waals surface area contributed by atoms with Crippen molar-refractivity contribution in [2.75, 3.05) is 32.8 Å². The number of likely N-dealkylation sites (tertiary alicyclic amines) is 1. The van der Waals surface area contributed by atoms with E-state index in [1.54, 1.807) is 28.8 Å². The minimum atomic E-state index is -0.621. The molecule has 0 aromatic rings. The number of rotatable bonds is 14. The van der Waals surface area contributed by atoms with Crippen molar-refractivity contribution in [3.05, 3.63) is 25.3 Å². The van der Waals surface area contributed by atoms with Crippen LogP contribution in [0.1, 0.15) is 51.9 Å². The Labute approximate surface area is 201 Å². The van der Waals surface area contributed by atoms with Gasteiger partial charge in [0.05, 0.1) is 23.2 Å². The number of aliphatic hydroxyl groups is 1. The number of thioether (sulfide) groups is 1. The highest BCUT2D eigenvalue weighted by Crippen LogP contribution is 2.66. The van der Waals surface area contributed by atoms with Crippen LogP contribution in [0.5, 0.6) is 0 Å². The maximum atomic E-state index is 13.9. The Hall–Kier alpha value is -1.80. The van der Waals surface area contributed by atoms with Crippen molar-refractivity contribution in [3.63, 3.8) is 0 Å². The van der Waals surface area contributed by atoms with E-state index in [4.69, 9.17) is 4.74 Å². The lowest BCUT2D eigenvalue weighted by molar-refractivity contribution is -0.154. The van der Waals surface area contributed by atoms with E-state index in [0.717, 1.165) is 32.1 Å². The predicted octanol–water partition coefficient (Wildman–Crippen LogP) is 2.78. The lowest BCUT2D eigenvalue weighted by atomic mass is 9.71. The van der Waals surface area contributed by atoms with Gasteiger partial charge in [0, 0.05) is 31.5 Å². The molecular formula is C25H38N2O5S. The number of ether oxygens (including phenoxy) is 1. The molecule has 0 aromatic carbocycles. The number of nitrogens with zero attached hydrogens (tertiary/aromatic N) is 2. The third-order valence-corrected chi connectivity index (χ3v) is 9.07.